The topological polar surface area (TPSA) is 155 Å². The molecule has 0 bridgehead atoms. The number of carbonyl (C=O) groups excluding carboxylic acids is 2. The molecule has 1 saturated heterocycles. The number of carboxylic acid groups (broad SMARTS) is 1. The van der Waals surface area contributed by atoms with E-state index in [1.54, 1.807) is 26.4 Å². The van der Waals surface area contributed by atoms with E-state index >= 15 is 0 Å². The average molecular weight is 709 g/mol. The second-order valence-corrected chi connectivity index (χ2v) is 12.2. The number of aromatic nitrogens is 1. The fourth-order valence-electron chi connectivity index (χ4n) is 7.76. The fraction of sp³-hybridized carbons (Fsp3) is 0.447. The number of piperidine rings is 1. The second-order valence-electron chi connectivity index (χ2n) is 12.2. The van der Waals surface area contributed by atoms with Gasteiger partial charge in [0.25, 0.3) is 0 Å². The van der Waals surface area contributed by atoms with E-state index in [0.29, 0.717) is 23.7 Å². The number of rotatable bonds is 9. The van der Waals surface area contributed by atoms with Crippen LogP contribution in [0.25, 0.3) is 10.9 Å². The van der Waals surface area contributed by atoms with Gasteiger partial charge < -0.3 is 43.2 Å². The predicted octanol–water partition coefficient (Wildman–Crippen LogP) is 5.23. The zero-order valence-electron chi connectivity index (χ0n) is 30.1. The number of carboxylic acids is 1. The van der Waals surface area contributed by atoms with Crippen LogP contribution in [0.2, 0.25) is 0 Å². The largest absolute Gasteiger partial charge is 0.497 e. The van der Waals surface area contributed by atoms with Gasteiger partial charge in [-0.05, 0) is 60.9 Å². The van der Waals surface area contributed by atoms with Gasteiger partial charge in [0.1, 0.15) is 18.0 Å². The first-order valence-electron chi connectivity index (χ1n) is 16.5. The summed E-state index contributed by atoms with van der Waals surface area (Å²) < 4.78 is 39.1. The maximum atomic E-state index is 13.5. The summed E-state index contributed by atoms with van der Waals surface area (Å²) in [7, 11) is 9.10. The van der Waals surface area contributed by atoms with Gasteiger partial charge in [-0.3, -0.25) is 9.69 Å². The van der Waals surface area contributed by atoms with Crippen LogP contribution in [0.5, 0.6) is 23.0 Å². The van der Waals surface area contributed by atoms with Crippen molar-refractivity contribution in [2.45, 2.75) is 37.5 Å². The SMILES string of the molecule is C=C.C=CC(=O)O.COC(=O)[C@H]1[C@H]2C[C@@H]3c4[nH]c5cc(OC)ccc5c4CCN3C[C@H]2C[C@@H](OC(=O)c2cc(OC)c(OC)c(OC)c2)[C@@H]1OC. The molecule has 2 fully saturated rings. The molecule has 6 atom stereocenters. The number of benzene rings is 2. The molecule has 51 heavy (non-hydrogen) atoms. The van der Waals surface area contributed by atoms with E-state index in [2.05, 4.69) is 35.7 Å². The maximum Gasteiger partial charge on any atom is 0.338 e. The smallest absolute Gasteiger partial charge is 0.338 e. The minimum atomic E-state index is -0.981. The van der Waals surface area contributed by atoms with Crippen LogP contribution in [0.4, 0.5) is 0 Å². The number of nitrogens with one attached hydrogen (secondary N) is 1. The number of H-pyrrole nitrogens is 1. The number of carbonyl (C=O) groups is 3. The molecule has 2 aromatic carbocycles. The summed E-state index contributed by atoms with van der Waals surface area (Å²) in [4.78, 5) is 42.4. The first-order chi connectivity index (χ1) is 24.6. The molecule has 3 heterocycles. The normalized spacial score (nSPS) is 23.3. The quantitative estimate of drug-likeness (QED) is 0.170. The standard InChI is InChI=1S/C33H40N2O9.C3H4O2.C2H4/c1-38-19-7-8-20-21-9-10-35-16-18-13-27(44-32(36)17-11-25(39-2)30(41-4)26(12-17)40-3)31(42-5)28(33(37)43-6)22(18)15-24(35)29(21)34-23(20)14-19;1-2-3(4)5;1-2/h7-8,11-12,14,18,22,24,27-28,31,34H,9-10,13,15-16H2,1-6H3;2H,1H2,(H,4,5);1-2H2/t18-,22+,24-,27-,28+,31+;;/m1../s1. The summed E-state index contributed by atoms with van der Waals surface area (Å²) in [5.41, 5.74) is 3.83. The van der Waals surface area contributed by atoms with Gasteiger partial charge in [-0.1, -0.05) is 6.58 Å². The van der Waals surface area contributed by atoms with Crippen LogP contribution in [0, 0.1) is 17.8 Å². The lowest BCUT2D eigenvalue weighted by Crippen LogP contribution is -2.58. The molecule has 0 spiro atoms. The van der Waals surface area contributed by atoms with E-state index in [1.165, 1.54) is 45.1 Å². The van der Waals surface area contributed by atoms with Gasteiger partial charge in [-0.2, -0.15) is 0 Å². The van der Waals surface area contributed by atoms with Gasteiger partial charge >= 0.3 is 17.9 Å². The molecule has 0 radical (unpaired) electrons. The van der Waals surface area contributed by atoms with Gasteiger partial charge in [-0.15, -0.1) is 13.2 Å². The Labute approximate surface area is 298 Å². The minimum absolute atomic E-state index is 0.0170. The van der Waals surface area contributed by atoms with Gasteiger partial charge in [0.2, 0.25) is 5.75 Å². The minimum Gasteiger partial charge on any atom is -0.497 e. The van der Waals surface area contributed by atoms with Crippen LogP contribution < -0.4 is 18.9 Å². The van der Waals surface area contributed by atoms with Crippen LogP contribution in [0.3, 0.4) is 0 Å². The van der Waals surface area contributed by atoms with Crippen molar-refractivity contribution < 1.29 is 52.6 Å². The molecule has 0 unspecified atom stereocenters. The highest BCUT2D eigenvalue weighted by atomic mass is 16.6. The molecule has 1 aliphatic carbocycles. The number of hydrogen-bond donors (Lipinski definition) is 2. The molecule has 3 aliphatic rings. The van der Waals surface area contributed by atoms with Crippen molar-refractivity contribution >= 4 is 28.8 Å². The van der Waals surface area contributed by atoms with Crippen molar-refractivity contribution in [1.29, 1.82) is 0 Å². The molecule has 2 N–H and O–H groups in total. The molecule has 1 aromatic heterocycles. The fourth-order valence-corrected chi connectivity index (χ4v) is 7.76. The zero-order chi connectivity index (χ0) is 37.4. The highest BCUT2D eigenvalue weighted by Gasteiger charge is 2.54. The number of nitrogens with zero attached hydrogens (tertiary/aromatic N) is 1. The Morgan fingerprint density at radius 2 is 1.61 bits per heavy atom. The summed E-state index contributed by atoms with van der Waals surface area (Å²) in [6.07, 6.45) is 1.75. The summed E-state index contributed by atoms with van der Waals surface area (Å²) in [5.74, 6) is -0.541. The number of esters is 2. The number of aliphatic carboxylic acids is 1. The van der Waals surface area contributed by atoms with Crippen LogP contribution in [-0.4, -0.2) is 101 Å². The van der Waals surface area contributed by atoms with E-state index in [1.807, 2.05) is 12.1 Å². The molecule has 1 saturated carbocycles. The molecular formula is C38H48N2O11. The van der Waals surface area contributed by atoms with Crippen LogP contribution >= 0.6 is 0 Å². The van der Waals surface area contributed by atoms with Crippen LogP contribution in [0.15, 0.2) is 56.1 Å². The second kappa shape index (κ2) is 17.3. The van der Waals surface area contributed by atoms with Gasteiger partial charge in [-0.25, -0.2) is 9.59 Å². The van der Waals surface area contributed by atoms with E-state index in [-0.39, 0.29) is 29.4 Å². The van der Waals surface area contributed by atoms with Crippen LogP contribution in [-0.2, 0) is 30.2 Å². The van der Waals surface area contributed by atoms with Crippen molar-refractivity contribution in [1.82, 2.24) is 9.88 Å². The van der Waals surface area contributed by atoms with Crippen molar-refractivity contribution in [3.8, 4) is 23.0 Å². The molecule has 13 nitrogen and oxygen atoms in total. The Kier molecular flexibility index (Phi) is 13.1. The van der Waals surface area contributed by atoms with Gasteiger partial charge in [0.15, 0.2) is 11.5 Å². The Balaban J connectivity index is 0.000000768. The third kappa shape index (κ3) is 7.84. The Morgan fingerprint density at radius 1 is 0.941 bits per heavy atom. The lowest BCUT2D eigenvalue weighted by Gasteiger charge is -2.52. The third-order valence-corrected chi connectivity index (χ3v) is 9.93. The maximum absolute atomic E-state index is 13.5. The lowest BCUT2D eigenvalue weighted by molar-refractivity contribution is -0.176. The molecule has 3 aromatic rings. The number of hydrogen-bond acceptors (Lipinski definition) is 11. The number of methoxy groups -OCH3 is 6. The summed E-state index contributed by atoms with van der Waals surface area (Å²) in [5, 5.41) is 8.82. The van der Waals surface area contributed by atoms with Crippen molar-refractivity contribution in [3.63, 3.8) is 0 Å². The lowest BCUT2D eigenvalue weighted by atomic mass is 9.63. The van der Waals surface area contributed by atoms with Crippen molar-refractivity contribution in [2.24, 2.45) is 17.8 Å². The molecular weight excluding hydrogens is 660 g/mol. The monoisotopic (exact) mass is 708 g/mol. The number of ether oxygens (including phenoxy) is 7. The van der Waals surface area contributed by atoms with E-state index in [4.69, 9.17) is 38.3 Å². The Bertz CT molecular complexity index is 1690. The molecule has 0 amide bonds. The highest BCUT2D eigenvalue weighted by Crippen LogP contribution is 2.51. The van der Waals surface area contributed by atoms with E-state index < -0.39 is 30.1 Å². The first-order valence-corrected chi connectivity index (χ1v) is 16.5. The van der Waals surface area contributed by atoms with Crippen molar-refractivity contribution in [3.05, 3.63) is 73.0 Å². The van der Waals surface area contributed by atoms with Crippen LogP contribution in [0.1, 0.15) is 40.5 Å². The Hall–Kier alpha value is -5.01. The van der Waals surface area contributed by atoms with Gasteiger partial charge in [0, 0.05) is 48.9 Å². The number of aromatic amines is 1. The zero-order valence-corrected chi connectivity index (χ0v) is 30.1. The Morgan fingerprint density at radius 3 is 2.16 bits per heavy atom. The van der Waals surface area contributed by atoms with Gasteiger partial charge in [0.05, 0.1) is 53.1 Å². The van der Waals surface area contributed by atoms with E-state index in [0.717, 1.165) is 43.3 Å². The van der Waals surface area contributed by atoms with E-state index in [9.17, 15) is 14.4 Å². The molecule has 276 valence electrons. The predicted molar refractivity (Wildman–Crippen MR) is 190 cm³/mol. The summed E-state index contributed by atoms with van der Waals surface area (Å²) in [6.45, 7) is 10.6. The van der Waals surface area contributed by atoms with Crippen molar-refractivity contribution in [2.75, 3.05) is 55.7 Å². The summed E-state index contributed by atoms with van der Waals surface area (Å²) >= 11 is 0. The molecule has 2 aliphatic heterocycles. The average Bonchev–Trinajstić information content (AvgIpc) is 3.54. The molecule has 6 rings (SSSR count). The summed E-state index contributed by atoms with van der Waals surface area (Å²) in [6, 6.07) is 9.40. The number of fused-ring (bicyclic) bond motifs is 6. The highest BCUT2D eigenvalue weighted by molar-refractivity contribution is 5.91. The first kappa shape index (κ1) is 38.8. The third-order valence-electron chi connectivity index (χ3n) is 9.93. The molecule has 13 heteroatoms.